The van der Waals surface area contributed by atoms with Crippen LogP contribution in [0.25, 0.3) is 76.9 Å². The smallest absolute Gasteiger partial charge is 0.159 e. The SMILES string of the molecule is c1ccc(C2=NC(c3ccc(-c4ccccc4)cc3)NC(c3cccc4oc5cccc(-c6cc7oc8ccccc8c7c7ccccc67)c5c34)=N2)cc1. The molecule has 0 spiro atoms. The molecule has 2 aromatic heterocycles. The second-order valence-corrected chi connectivity index (χ2v) is 13.7. The van der Waals surface area contributed by atoms with Crippen LogP contribution in [0.5, 0.6) is 0 Å². The Morgan fingerprint density at radius 3 is 1.74 bits per heavy atom. The molecule has 10 aromatic rings. The summed E-state index contributed by atoms with van der Waals surface area (Å²) in [6.07, 6.45) is -0.357. The third kappa shape index (κ3) is 4.86. The summed E-state index contributed by atoms with van der Waals surface area (Å²) in [6.45, 7) is 0. The third-order valence-corrected chi connectivity index (χ3v) is 10.6. The van der Waals surface area contributed by atoms with Gasteiger partial charge in [0.1, 0.15) is 34.3 Å². The number of fused-ring (bicyclic) bond motifs is 8. The van der Waals surface area contributed by atoms with Crippen molar-refractivity contribution in [2.75, 3.05) is 0 Å². The molecule has 11 rings (SSSR count). The van der Waals surface area contributed by atoms with E-state index < -0.39 is 0 Å². The standard InChI is InChI=1S/C49H31N3O2/c1-3-13-30(14-4-1)31-25-27-33(28-26-31)48-50-47(32-15-5-2-6-16-32)51-49(52-48)38-21-12-24-42-46(38)45-36(20-11-23-41(45)54-42)39-29-43-44(35-18-8-7-17-34(35)39)37-19-9-10-22-40(37)53-43/h1-29,48H,(H,50,51,52). The molecule has 5 heteroatoms. The lowest BCUT2D eigenvalue weighted by molar-refractivity contribution is 0.667. The van der Waals surface area contributed by atoms with Gasteiger partial charge in [0.15, 0.2) is 5.84 Å². The number of benzene rings is 8. The zero-order chi connectivity index (χ0) is 35.6. The predicted octanol–water partition coefficient (Wildman–Crippen LogP) is 12.5. The molecule has 0 amide bonds. The van der Waals surface area contributed by atoms with Gasteiger partial charge in [-0.25, -0.2) is 9.98 Å². The molecule has 54 heavy (non-hydrogen) atoms. The Hall–Kier alpha value is -7.24. The molecule has 5 nitrogen and oxygen atoms in total. The van der Waals surface area contributed by atoms with Gasteiger partial charge in [0, 0.05) is 32.7 Å². The van der Waals surface area contributed by atoms with Crippen molar-refractivity contribution in [3.63, 3.8) is 0 Å². The van der Waals surface area contributed by atoms with Gasteiger partial charge in [-0.3, -0.25) is 0 Å². The number of amidine groups is 2. The van der Waals surface area contributed by atoms with Gasteiger partial charge in [0.25, 0.3) is 0 Å². The number of nitrogens with one attached hydrogen (secondary N) is 1. The maximum atomic E-state index is 6.64. The van der Waals surface area contributed by atoms with Gasteiger partial charge in [0.05, 0.1) is 0 Å². The lowest BCUT2D eigenvalue weighted by atomic mass is 9.91. The highest BCUT2D eigenvalue weighted by Gasteiger charge is 2.25. The van der Waals surface area contributed by atoms with Crippen molar-refractivity contribution in [2.24, 2.45) is 9.98 Å². The molecule has 1 aliphatic rings. The van der Waals surface area contributed by atoms with Crippen molar-refractivity contribution in [2.45, 2.75) is 6.17 Å². The first-order chi connectivity index (χ1) is 26.8. The summed E-state index contributed by atoms with van der Waals surface area (Å²) in [5.41, 5.74) is 10.8. The van der Waals surface area contributed by atoms with Crippen LogP contribution in [0, 0.1) is 0 Å². The van der Waals surface area contributed by atoms with E-state index in [9.17, 15) is 0 Å². The summed E-state index contributed by atoms with van der Waals surface area (Å²) >= 11 is 0. The van der Waals surface area contributed by atoms with E-state index in [-0.39, 0.29) is 6.17 Å². The lowest BCUT2D eigenvalue weighted by Crippen LogP contribution is -2.33. The summed E-state index contributed by atoms with van der Waals surface area (Å²) in [5.74, 6) is 1.41. The van der Waals surface area contributed by atoms with Gasteiger partial charge in [0.2, 0.25) is 0 Å². The zero-order valence-electron chi connectivity index (χ0n) is 29.0. The molecule has 1 unspecified atom stereocenters. The highest BCUT2D eigenvalue weighted by atomic mass is 16.3. The van der Waals surface area contributed by atoms with E-state index in [1.807, 2.05) is 48.5 Å². The van der Waals surface area contributed by atoms with Crippen molar-refractivity contribution in [3.8, 4) is 22.3 Å². The molecule has 254 valence electrons. The minimum Gasteiger partial charge on any atom is -0.456 e. The lowest BCUT2D eigenvalue weighted by Gasteiger charge is -2.24. The summed E-state index contributed by atoms with van der Waals surface area (Å²) in [5, 5.41) is 10.3. The molecule has 8 aromatic carbocycles. The average molecular weight is 694 g/mol. The van der Waals surface area contributed by atoms with Crippen LogP contribution in [-0.4, -0.2) is 11.7 Å². The number of para-hydroxylation sites is 1. The van der Waals surface area contributed by atoms with Crippen LogP contribution >= 0.6 is 0 Å². The van der Waals surface area contributed by atoms with Crippen LogP contribution < -0.4 is 5.32 Å². The van der Waals surface area contributed by atoms with Crippen molar-refractivity contribution in [1.82, 2.24) is 5.32 Å². The van der Waals surface area contributed by atoms with E-state index in [0.29, 0.717) is 5.84 Å². The van der Waals surface area contributed by atoms with E-state index in [0.717, 1.165) is 93.9 Å². The van der Waals surface area contributed by atoms with Gasteiger partial charge < -0.3 is 14.2 Å². The highest BCUT2D eigenvalue weighted by molar-refractivity contribution is 6.27. The topological polar surface area (TPSA) is 63.0 Å². The average Bonchev–Trinajstić information content (AvgIpc) is 3.83. The maximum Gasteiger partial charge on any atom is 0.159 e. The summed E-state index contributed by atoms with van der Waals surface area (Å²) in [4.78, 5) is 10.4. The van der Waals surface area contributed by atoms with Gasteiger partial charge >= 0.3 is 0 Å². The quantitative estimate of drug-likeness (QED) is 0.195. The second-order valence-electron chi connectivity index (χ2n) is 13.7. The molecule has 0 radical (unpaired) electrons. The number of hydrogen-bond donors (Lipinski definition) is 1. The summed E-state index contributed by atoms with van der Waals surface area (Å²) < 4.78 is 13.1. The third-order valence-electron chi connectivity index (χ3n) is 10.6. The second kappa shape index (κ2) is 12.2. The van der Waals surface area contributed by atoms with Gasteiger partial charge in [-0.15, -0.1) is 0 Å². The van der Waals surface area contributed by atoms with Crippen molar-refractivity contribution in [1.29, 1.82) is 0 Å². The Bertz CT molecular complexity index is 3120. The Kier molecular flexibility index (Phi) is 6.85. The van der Waals surface area contributed by atoms with E-state index >= 15 is 0 Å². The van der Waals surface area contributed by atoms with Crippen molar-refractivity contribution in [3.05, 3.63) is 193 Å². The van der Waals surface area contributed by atoms with Crippen LogP contribution in [0.3, 0.4) is 0 Å². The predicted molar refractivity (Wildman–Crippen MR) is 221 cm³/mol. The van der Waals surface area contributed by atoms with E-state index in [1.54, 1.807) is 0 Å². The van der Waals surface area contributed by atoms with Crippen LogP contribution in [-0.2, 0) is 0 Å². The molecule has 1 N–H and O–H groups in total. The largest absolute Gasteiger partial charge is 0.456 e. The van der Waals surface area contributed by atoms with Gasteiger partial charge in [-0.2, -0.15) is 0 Å². The Morgan fingerprint density at radius 2 is 0.981 bits per heavy atom. The van der Waals surface area contributed by atoms with Crippen LogP contribution in [0.15, 0.2) is 195 Å². The van der Waals surface area contributed by atoms with Crippen LogP contribution in [0.2, 0.25) is 0 Å². The molecule has 0 aliphatic carbocycles. The Labute approximate surface area is 310 Å². The molecular weight excluding hydrogens is 663 g/mol. The molecular formula is C49H31N3O2. The fourth-order valence-corrected chi connectivity index (χ4v) is 8.06. The summed E-state index contributed by atoms with van der Waals surface area (Å²) in [6, 6.07) is 60.8. The number of aliphatic imine (C=N–C) groups is 2. The molecule has 0 saturated carbocycles. The van der Waals surface area contributed by atoms with E-state index in [1.165, 1.54) is 5.56 Å². The molecule has 3 heterocycles. The normalized spacial score (nSPS) is 14.5. The molecule has 0 saturated heterocycles. The minimum absolute atomic E-state index is 0.357. The zero-order valence-corrected chi connectivity index (χ0v) is 29.0. The monoisotopic (exact) mass is 693 g/mol. The first-order valence-electron chi connectivity index (χ1n) is 18.2. The fourth-order valence-electron chi connectivity index (χ4n) is 8.06. The first-order valence-corrected chi connectivity index (χ1v) is 18.2. The number of rotatable bonds is 5. The van der Waals surface area contributed by atoms with Gasteiger partial charge in [-0.05, 0) is 62.9 Å². The molecule has 0 bridgehead atoms. The fraction of sp³-hybridized carbons (Fsp3) is 0.0204. The van der Waals surface area contributed by atoms with Gasteiger partial charge in [-0.1, -0.05) is 152 Å². The van der Waals surface area contributed by atoms with Crippen molar-refractivity contribution >= 4 is 66.3 Å². The molecule has 1 aliphatic heterocycles. The first kappa shape index (κ1) is 30.4. The number of nitrogens with zero attached hydrogens (tertiary/aromatic N) is 2. The minimum atomic E-state index is -0.357. The van der Waals surface area contributed by atoms with E-state index in [2.05, 4.69) is 133 Å². The number of furan rings is 2. The Morgan fingerprint density at radius 1 is 0.407 bits per heavy atom. The molecule has 0 fully saturated rings. The molecule has 1 atom stereocenters. The Balaban J connectivity index is 1.11. The van der Waals surface area contributed by atoms with Crippen molar-refractivity contribution < 1.29 is 8.83 Å². The van der Waals surface area contributed by atoms with Crippen LogP contribution in [0.4, 0.5) is 0 Å². The highest BCUT2D eigenvalue weighted by Crippen LogP contribution is 2.44. The summed E-state index contributed by atoms with van der Waals surface area (Å²) in [7, 11) is 0. The van der Waals surface area contributed by atoms with Crippen LogP contribution in [0.1, 0.15) is 22.9 Å². The number of hydrogen-bond acceptors (Lipinski definition) is 5. The maximum absolute atomic E-state index is 6.64. The van der Waals surface area contributed by atoms with E-state index in [4.69, 9.17) is 18.8 Å².